The van der Waals surface area contributed by atoms with E-state index in [1.165, 1.54) is 13.8 Å². The number of carbonyl (C=O) groups excluding carboxylic acids is 5. The second-order valence-corrected chi connectivity index (χ2v) is 11.4. The minimum absolute atomic E-state index is 0.406. The molecule has 11 N–H and O–H groups in total. The van der Waals surface area contributed by atoms with Crippen LogP contribution in [0.2, 0.25) is 0 Å². The molecule has 8 atom stereocenters. The van der Waals surface area contributed by atoms with E-state index in [4.69, 9.17) is 10.8 Å². The van der Waals surface area contributed by atoms with E-state index in [1.807, 2.05) is 0 Å². The van der Waals surface area contributed by atoms with Crippen LogP contribution in [-0.4, -0.2) is 110 Å². The van der Waals surface area contributed by atoms with Crippen LogP contribution >= 0.6 is 0 Å². The van der Waals surface area contributed by atoms with Gasteiger partial charge in [0.25, 0.3) is 0 Å². The molecule has 0 saturated heterocycles. The first-order valence-electron chi connectivity index (χ1n) is 14.8. The van der Waals surface area contributed by atoms with Crippen LogP contribution < -0.4 is 32.3 Å². The summed E-state index contributed by atoms with van der Waals surface area (Å²) in [5.74, 6) is -9.52. The molecule has 0 aliphatic rings. The molecule has 0 rings (SSSR count). The van der Waals surface area contributed by atoms with E-state index in [1.54, 1.807) is 27.7 Å². The summed E-state index contributed by atoms with van der Waals surface area (Å²) < 4.78 is 0. The van der Waals surface area contributed by atoms with Crippen molar-refractivity contribution in [1.29, 1.82) is 0 Å². The van der Waals surface area contributed by atoms with Crippen molar-refractivity contribution in [3.63, 3.8) is 0 Å². The van der Waals surface area contributed by atoms with E-state index in [2.05, 4.69) is 26.6 Å². The fourth-order valence-electron chi connectivity index (χ4n) is 3.95. The second kappa shape index (κ2) is 19.9. The lowest BCUT2D eigenvalue weighted by Crippen LogP contribution is -2.60. The van der Waals surface area contributed by atoms with Gasteiger partial charge in [0, 0.05) is 12.8 Å². The van der Waals surface area contributed by atoms with Gasteiger partial charge in [-0.2, -0.15) is 0 Å². The molecule has 5 amide bonds. The SMILES string of the molecule is CC[C@H](C)[C@H](NC(=O)[C@H](C)NC(=O)[C@@H](NC(=O)[C@H](CCC(=O)O)NC(=O)[C@H](CCC(=O)O)NC(=O)[C@@H](N)[C@@H](C)O)C(C)C)C(=O)O. The van der Waals surface area contributed by atoms with Crippen LogP contribution in [-0.2, 0) is 38.4 Å². The summed E-state index contributed by atoms with van der Waals surface area (Å²) in [4.78, 5) is 98.5. The van der Waals surface area contributed by atoms with Gasteiger partial charge in [0.15, 0.2) is 0 Å². The third kappa shape index (κ3) is 14.6. The number of nitrogens with two attached hydrogens (primary N) is 1. The van der Waals surface area contributed by atoms with E-state index < -0.39 is 127 Å². The summed E-state index contributed by atoms with van der Waals surface area (Å²) in [6.45, 7) is 9.04. The summed E-state index contributed by atoms with van der Waals surface area (Å²) >= 11 is 0. The summed E-state index contributed by atoms with van der Waals surface area (Å²) in [7, 11) is 0. The zero-order valence-corrected chi connectivity index (χ0v) is 26.9. The Hall–Kier alpha value is -4.32. The molecule has 0 aromatic heterocycles. The number of carboxylic acid groups (broad SMARTS) is 3. The average molecular weight is 661 g/mol. The van der Waals surface area contributed by atoms with Crippen molar-refractivity contribution < 1.29 is 58.8 Å². The molecule has 0 bridgehead atoms. The van der Waals surface area contributed by atoms with Gasteiger partial charge >= 0.3 is 17.9 Å². The number of aliphatic carboxylic acids is 3. The van der Waals surface area contributed by atoms with Crippen molar-refractivity contribution in [2.75, 3.05) is 0 Å². The van der Waals surface area contributed by atoms with Gasteiger partial charge in [0.2, 0.25) is 29.5 Å². The Morgan fingerprint density at radius 3 is 1.43 bits per heavy atom. The van der Waals surface area contributed by atoms with Crippen molar-refractivity contribution in [1.82, 2.24) is 26.6 Å². The van der Waals surface area contributed by atoms with Crippen molar-refractivity contribution in [2.45, 2.75) is 116 Å². The van der Waals surface area contributed by atoms with Gasteiger partial charge < -0.3 is 52.7 Å². The molecule has 0 unspecified atom stereocenters. The summed E-state index contributed by atoms with van der Waals surface area (Å²) in [6.07, 6.45) is -2.95. The quantitative estimate of drug-likeness (QED) is 0.0618. The van der Waals surface area contributed by atoms with Crippen LogP contribution in [0.15, 0.2) is 0 Å². The molecule has 0 aromatic rings. The van der Waals surface area contributed by atoms with Crippen LogP contribution in [0, 0.1) is 11.8 Å². The molecule has 0 saturated carbocycles. The molecular formula is C28H48N6O12. The Kier molecular flexibility index (Phi) is 18.1. The van der Waals surface area contributed by atoms with E-state index in [0.29, 0.717) is 6.42 Å². The minimum Gasteiger partial charge on any atom is -0.481 e. The van der Waals surface area contributed by atoms with Gasteiger partial charge in [-0.05, 0) is 38.5 Å². The molecule has 0 radical (unpaired) electrons. The van der Waals surface area contributed by atoms with Gasteiger partial charge in [-0.15, -0.1) is 0 Å². The highest BCUT2D eigenvalue weighted by Gasteiger charge is 2.34. The molecule has 18 heteroatoms. The second-order valence-electron chi connectivity index (χ2n) is 11.4. The van der Waals surface area contributed by atoms with Crippen LogP contribution in [0.1, 0.15) is 73.6 Å². The number of hydrogen-bond acceptors (Lipinski definition) is 10. The number of carboxylic acids is 3. The van der Waals surface area contributed by atoms with Gasteiger partial charge in [0.05, 0.1) is 6.10 Å². The lowest BCUT2D eigenvalue weighted by atomic mass is 9.99. The normalized spacial score (nSPS) is 16.3. The Labute approximate surface area is 266 Å². The molecule has 0 aliphatic carbocycles. The molecule has 18 nitrogen and oxygen atoms in total. The van der Waals surface area contributed by atoms with Crippen LogP contribution in [0.4, 0.5) is 0 Å². The summed E-state index contributed by atoms with van der Waals surface area (Å²) in [5, 5.41) is 49.0. The summed E-state index contributed by atoms with van der Waals surface area (Å²) in [6, 6.07) is -8.30. The fraction of sp³-hybridized carbons (Fsp3) is 0.714. The van der Waals surface area contributed by atoms with E-state index in [0.717, 1.165) is 0 Å². The monoisotopic (exact) mass is 660 g/mol. The number of nitrogens with one attached hydrogen (secondary N) is 5. The maximum atomic E-state index is 13.3. The van der Waals surface area contributed by atoms with Crippen molar-refractivity contribution in [2.24, 2.45) is 17.6 Å². The first-order chi connectivity index (χ1) is 21.2. The third-order valence-electron chi connectivity index (χ3n) is 7.16. The highest BCUT2D eigenvalue weighted by atomic mass is 16.4. The van der Waals surface area contributed by atoms with Crippen LogP contribution in [0.5, 0.6) is 0 Å². The van der Waals surface area contributed by atoms with E-state index in [-0.39, 0.29) is 0 Å². The molecule has 0 heterocycles. The number of aliphatic hydroxyl groups excluding tert-OH is 1. The zero-order chi connectivity index (χ0) is 35.9. The highest BCUT2D eigenvalue weighted by Crippen LogP contribution is 2.10. The molecule has 0 fully saturated rings. The van der Waals surface area contributed by atoms with E-state index >= 15 is 0 Å². The molecule has 0 spiro atoms. The van der Waals surface area contributed by atoms with Gasteiger partial charge in [-0.1, -0.05) is 34.1 Å². The lowest BCUT2D eigenvalue weighted by molar-refractivity contribution is -0.144. The predicted octanol–water partition coefficient (Wildman–Crippen LogP) is -2.35. The standard InChI is InChI=1S/C28H48N6O12/c1-7-13(4)22(28(45)46)34-23(40)14(5)30-27(44)21(12(2)3)33-25(42)17(9-11-19(38)39)31-24(41)16(8-10-18(36)37)32-26(43)20(29)15(6)35/h12-17,20-22,35H,7-11,29H2,1-6H3,(H,30,44)(H,31,41)(H,32,43)(H,33,42)(H,34,40)(H,36,37)(H,38,39)(H,45,46)/t13-,14-,15+,16-,17-,20-,21-,22-/m0/s1. The number of aliphatic hydroxyl groups is 1. The van der Waals surface area contributed by atoms with Gasteiger partial charge in [-0.3, -0.25) is 33.6 Å². The van der Waals surface area contributed by atoms with Gasteiger partial charge in [0.1, 0.15) is 36.3 Å². The first kappa shape index (κ1) is 41.7. The number of carbonyl (C=O) groups is 8. The molecule has 262 valence electrons. The van der Waals surface area contributed by atoms with Gasteiger partial charge in [-0.25, -0.2) is 4.79 Å². The van der Waals surface area contributed by atoms with Crippen molar-refractivity contribution in [3.05, 3.63) is 0 Å². The topological polar surface area (TPSA) is 304 Å². The molecular weight excluding hydrogens is 612 g/mol. The Balaban J connectivity index is 5.91. The zero-order valence-electron chi connectivity index (χ0n) is 26.9. The smallest absolute Gasteiger partial charge is 0.326 e. The number of hydrogen-bond donors (Lipinski definition) is 10. The van der Waals surface area contributed by atoms with Crippen LogP contribution in [0.25, 0.3) is 0 Å². The Bertz CT molecular complexity index is 1110. The summed E-state index contributed by atoms with van der Waals surface area (Å²) in [5.41, 5.74) is 5.59. The number of amides is 5. The fourth-order valence-corrected chi connectivity index (χ4v) is 3.95. The molecule has 0 aliphatic heterocycles. The molecule has 46 heavy (non-hydrogen) atoms. The molecule has 0 aromatic carbocycles. The highest BCUT2D eigenvalue weighted by molar-refractivity contribution is 5.96. The first-order valence-corrected chi connectivity index (χ1v) is 14.8. The lowest BCUT2D eigenvalue weighted by Gasteiger charge is -2.28. The number of rotatable bonds is 21. The van der Waals surface area contributed by atoms with Crippen molar-refractivity contribution >= 4 is 47.4 Å². The largest absolute Gasteiger partial charge is 0.481 e. The maximum Gasteiger partial charge on any atom is 0.326 e. The average Bonchev–Trinajstić information content (AvgIpc) is 2.96. The van der Waals surface area contributed by atoms with E-state index in [9.17, 15) is 53.7 Å². The minimum atomic E-state index is -1.57. The third-order valence-corrected chi connectivity index (χ3v) is 7.16. The Morgan fingerprint density at radius 1 is 0.609 bits per heavy atom. The van der Waals surface area contributed by atoms with Crippen LogP contribution in [0.3, 0.4) is 0 Å². The Morgan fingerprint density at radius 2 is 1.04 bits per heavy atom. The van der Waals surface area contributed by atoms with Crippen molar-refractivity contribution in [3.8, 4) is 0 Å². The predicted molar refractivity (Wildman–Crippen MR) is 161 cm³/mol. The maximum absolute atomic E-state index is 13.3.